The van der Waals surface area contributed by atoms with Crippen LogP contribution in [0.1, 0.15) is 5.56 Å². The van der Waals surface area contributed by atoms with Crippen molar-refractivity contribution in [3.8, 4) is 11.5 Å². The summed E-state index contributed by atoms with van der Waals surface area (Å²) in [5.74, 6) is 1.27. The van der Waals surface area contributed by atoms with Crippen molar-refractivity contribution < 1.29 is 34.2 Å². The molecule has 0 saturated carbocycles. The van der Waals surface area contributed by atoms with Gasteiger partial charge in [-0.1, -0.05) is 0 Å². The van der Waals surface area contributed by atoms with E-state index in [1.54, 1.807) is 12.1 Å². The number of benzene rings is 1. The van der Waals surface area contributed by atoms with Crippen molar-refractivity contribution in [2.24, 2.45) is 3.50 Å². The number of aliphatic hydroxyl groups is 1. The van der Waals surface area contributed by atoms with Crippen LogP contribution in [0, 0.1) is 0 Å². The van der Waals surface area contributed by atoms with E-state index in [0.29, 0.717) is 22.7 Å². The van der Waals surface area contributed by atoms with Gasteiger partial charge in [-0.05, 0) is 0 Å². The van der Waals surface area contributed by atoms with Gasteiger partial charge in [-0.3, -0.25) is 0 Å². The molecule has 0 bridgehead atoms. The van der Waals surface area contributed by atoms with Crippen LogP contribution in [0.3, 0.4) is 0 Å². The second-order valence-corrected chi connectivity index (χ2v) is 3.42. The molecule has 1 aromatic carbocycles. The quantitative estimate of drug-likeness (QED) is 0.823. The number of ether oxygens (including phenoxy) is 2. The molecule has 0 spiro atoms. The van der Waals surface area contributed by atoms with E-state index in [1.807, 2.05) is 0 Å². The summed E-state index contributed by atoms with van der Waals surface area (Å²) in [6.07, 6.45) is 0. The van der Waals surface area contributed by atoms with E-state index in [-0.39, 0.29) is 12.6 Å². The molecule has 0 saturated heterocycles. The van der Waals surface area contributed by atoms with Gasteiger partial charge in [-0.25, -0.2) is 0 Å². The molecule has 0 unspecified atom stereocenters. The SMILES string of the molecule is C=C(O)c1cc2c(cc1[N]=[W])OCO2. The number of nitrogens with zero attached hydrogens (tertiary/aromatic N) is 1. The maximum absolute atomic E-state index is 9.33. The predicted molar refractivity (Wildman–Crippen MR) is 46.3 cm³/mol. The summed E-state index contributed by atoms with van der Waals surface area (Å²) in [5.41, 5.74) is 1.26. The molecule has 1 heterocycles. The molecule has 0 atom stereocenters. The molecule has 0 radical (unpaired) electrons. The van der Waals surface area contributed by atoms with Crippen molar-refractivity contribution in [2.45, 2.75) is 0 Å². The van der Waals surface area contributed by atoms with Crippen LogP contribution in [0.15, 0.2) is 22.2 Å². The molecule has 14 heavy (non-hydrogen) atoms. The monoisotopic (exact) mass is 361 g/mol. The molecule has 4 nitrogen and oxygen atoms in total. The minimum atomic E-state index is -0.0108. The van der Waals surface area contributed by atoms with Gasteiger partial charge in [0.15, 0.2) is 0 Å². The van der Waals surface area contributed by atoms with Gasteiger partial charge < -0.3 is 0 Å². The molecule has 0 amide bonds. The van der Waals surface area contributed by atoms with Crippen molar-refractivity contribution in [1.29, 1.82) is 0 Å². The zero-order valence-electron chi connectivity index (χ0n) is 7.19. The van der Waals surface area contributed by atoms with Crippen LogP contribution in [0.5, 0.6) is 11.5 Å². The van der Waals surface area contributed by atoms with Gasteiger partial charge in [-0.15, -0.1) is 0 Å². The Morgan fingerprint density at radius 2 is 2.07 bits per heavy atom. The number of fused-ring (bicyclic) bond motifs is 1. The van der Waals surface area contributed by atoms with E-state index in [0.717, 1.165) is 19.6 Å². The van der Waals surface area contributed by atoms with Gasteiger partial charge in [0.25, 0.3) is 0 Å². The Bertz CT molecular complexity index is 417. The van der Waals surface area contributed by atoms with Gasteiger partial charge in [0.1, 0.15) is 0 Å². The molecular weight excluding hydrogens is 354 g/mol. The zero-order chi connectivity index (χ0) is 10.1. The van der Waals surface area contributed by atoms with Gasteiger partial charge in [-0.2, -0.15) is 0 Å². The van der Waals surface area contributed by atoms with Gasteiger partial charge in [0.05, 0.1) is 0 Å². The van der Waals surface area contributed by atoms with Crippen molar-refractivity contribution in [3.63, 3.8) is 0 Å². The van der Waals surface area contributed by atoms with E-state index in [2.05, 4.69) is 10.1 Å². The van der Waals surface area contributed by atoms with Crippen LogP contribution in [-0.2, 0) is 19.6 Å². The first-order valence-electron chi connectivity index (χ1n) is 3.87. The summed E-state index contributed by atoms with van der Waals surface area (Å²) >= 11 is 1.06. The summed E-state index contributed by atoms with van der Waals surface area (Å²) < 4.78 is 14.5. The molecule has 2 rings (SSSR count). The second kappa shape index (κ2) is 3.54. The Hall–Kier alpha value is -1.15. The minimum absolute atomic E-state index is 0.0108. The maximum atomic E-state index is 9.33. The Morgan fingerprint density at radius 1 is 1.43 bits per heavy atom. The topological polar surface area (TPSA) is 51.1 Å². The first kappa shape index (κ1) is 9.41. The van der Waals surface area contributed by atoms with Crippen molar-refractivity contribution in [2.75, 3.05) is 6.79 Å². The van der Waals surface area contributed by atoms with Crippen molar-refractivity contribution in [3.05, 3.63) is 24.3 Å². The van der Waals surface area contributed by atoms with Gasteiger partial charge in [0.2, 0.25) is 0 Å². The van der Waals surface area contributed by atoms with Crippen LogP contribution in [0.25, 0.3) is 5.76 Å². The molecule has 1 aliphatic rings. The summed E-state index contributed by atoms with van der Waals surface area (Å²) in [6.45, 7) is 3.68. The molecule has 1 aromatic rings. The normalized spacial score (nSPS) is 12.6. The number of hydrogen-bond donors (Lipinski definition) is 1. The van der Waals surface area contributed by atoms with Crippen LogP contribution in [-0.4, -0.2) is 11.9 Å². The molecular formula is C9H7NO3W. The predicted octanol–water partition coefficient (Wildman–Crippen LogP) is 2.31. The molecule has 0 fully saturated rings. The van der Waals surface area contributed by atoms with E-state index >= 15 is 0 Å². The molecule has 0 aliphatic carbocycles. The third-order valence-corrected chi connectivity index (χ3v) is 2.61. The fourth-order valence-corrected chi connectivity index (χ4v) is 1.78. The summed E-state index contributed by atoms with van der Waals surface area (Å²) in [5, 5.41) is 9.33. The third kappa shape index (κ3) is 1.46. The van der Waals surface area contributed by atoms with E-state index < -0.39 is 0 Å². The Morgan fingerprint density at radius 3 is 2.64 bits per heavy atom. The average Bonchev–Trinajstić information content (AvgIpc) is 2.62. The fraction of sp³-hybridized carbons (Fsp3) is 0.111. The van der Waals surface area contributed by atoms with Gasteiger partial charge >= 0.3 is 91.7 Å². The van der Waals surface area contributed by atoms with Crippen LogP contribution in [0.4, 0.5) is 5.69 Å². The molecule has 1 N–H and O–H groups in total. The average molecular weight is 361 g/mol. The zero-order valence-corrected chi connectivity index (χ0v) is 10.1. The van der Waals surface area contributed by atoms with Crippen LogP contribution >= 0.6 is 0 Å². The summed E-state index contributed by atoms with van der Waals surface area (Å²) in [4.78, 5) is 0. The third-order valence-electron chi connectivity index (χ3n) is 1.90. The standard InChI is InChI=1S/C9H7NO3.W/c1-5(11)6-2-8-9(3-7(6)10)13-4-12-8;/h2-3,11H,1,4H2;. The van der Waals surface area contributed by atoms with E-state index in [4.69, 9.17) is 9.47 Å². The Kier molecular flexibility index (Phi) is 2.38. The number of aliphatic hydroxyl groups excluding tert-OH is 1. The summed E-state index contributed by atoms with van der Waals surface area (Å²) in [7, 11) is 0. The molecule has 0 aromatic heterocycles. The molecule has 1 aliphatic heterocycles. The van der Waals surface area contributed by atoms with Crippen LogP contribution < -0.4 is 9.47 Å². The second-order valence-electron chi connectivity index (χ2n) is 2.76. The Balaban J connectivity index is 2.59. The fourth-order valence-electron chi connectivity index (χ4n) is 1.24. The Labute approximate surface area is 91.9 Å². The first-order valence-corrected chi connectivity index (χ1v) is 5.19. The number of hydrogen-bond acceptors (Lipinski definition) is 4. The van der Waals surface area contributed by atoms with E-state index in [9.17, 15) is 5.11 Å². The first-order chi connectivity index (χ1) is 6.72. The van der Waals surface area contributed by atoms with Crippen molar-refractivity contribution in [1.82, 2.24) is 0 Å². The van der Waals surface area contributed by atoms with Crippen LogP contribution in [0.2, 0.25) is 0 Å². The van der Waals surface area contributed by atoms with Gasteiger partial charge in [0, 0.05) is 0 Å². The molecule has 5 heteroatoms. The molecule has 72 valence electrons. The number of rotatable bonds is 2. The van der Waals surface area contributed by atoms with Crippen molar-refractivity contribution >= 4 is 11.4 Å². The summed E-state index contributed by atoms with van der Waals surface area (Å²) in [6, 6.07) is 3.43. The van der Waals surface area contributed by atoms with E-state index in [1.165, 1.54) is 0 Å².